The molecule has 2 saturated carbocycles. The largest absolute Gasteiger partial charge is 0.462 e. The Hall–Kier alpha value is -1.84. The highest BCUT2D eigenvalue weighted by atomic mass is 16.6. The molecule has 2 bridgehead atoms. The second-order valence-electron chi connectivity index (χ2n) is 6.66. The van der Waals surface area contributed by atoms with Crippen LogP contribution in [-0.4, -0.2) is 25.0 Å². The van der Waals surface area contributed by atoms with Crippen molar-refractivity contribution in [1.29, 1.82) is 0 Å². The summed E-state index contributed by atoms with van der Waals surface area (Å²) < 4.78 is 5.41. The molecule has 1 aromatic rings. The smallest absolute Gasteiger partial charge is 0.310 e. The zero-order chi connectivity index (χ0) is 14.7. The highest BCUT2D eigenvalue weighted by molar-refractivity contribution is 5.98. The van der Waals surface area contributed by atoms with Gasteiger partial charge in [0.05, 0.1) is 11.8 Å². The Morgan fingerprint density at radius 2 is 1.95 bits per heavy atom. The van der Waals surface area contributed by atoms with Crippen molar-refractivity contribution in [2.45, 2.75) is 25.9 Å². The minimum Gasteiger partial charge on any atom is -0.462 e. The van der Waals surface area contributed by atoms with Crippen LogP contribution in [0.1, 0.15) is 18.4 Å². The lowest BCUT2D eigenvalue weighted by Crippen LogP contribution is -2.41. The van der Waals surface area contributed by atoms with Crippen molar-refractivity contribution in [2.24, 2.45) is 23.7 Å². The van der Waals surface area contributed by atoms with E-state index in [1.54, 1.807) is 11.9 Å². The summed E-state index contributed by atoms with van der Waals surface area (Å²) in [6.07, 6.45) is 1.92. The predicted octanol–water partition coefficient (Wildman–Crippen LogP) is 2.16. The van der Waals surface area contributed by atoms with E-state index >= 15 is 0 Å². The van der Waals surface area contributed by atoms with E-state index in [1.807, 2.05) is 31.2 Å². The number of carbonyl (C=O) groups is 2. The molecule has 1 saturated heterocycles. The minimum atomic E-state index is -0.200. The highest BCUT2D eigenvalue weighted by Crippen LogP contribution is 2.58. The number of hydrogen-bond donors (Lipinski definition) is 0. The molecule has 1 aliphatic heterocycles. The fraction of sp³-hybridized carbons (Fsp3) is 0.529. The number of anilines is 1. The van der Waals surface area contributed by atoms with Crippen molar-refractivity contribution in [1.82, 2.24) is 0 Å². The Morgan fingerprint density at radius 1 is 1.24 bits per heavy atom. The predicted molar refractivity (Wildman–Crippen MR) is 77.7 cm³/mol. The van der Waals surface area contributed by atoms with Gasteiger partial charge in [0, 0.05) is 18.7 Å². The summed E-state index contributed by atoms with van der Waals surface area (Å²) in [6, 6.07) is 7.91. The van der Waals surface area contributed by atoms with Crippen LogP contribution < -0.4 is 4.90 Å². The van der Waals surface area contributed by atoms with Crippen molar-refractivity contribution < 1.29 is 14.3 Å². The molecule has 1 amide bonds. The van der Waals surface area contributed by atoms with Gasteiger partial charge in [0.15, 0.2) is 0 Å². The Morgan fingerprint density at radius 3 is 2.67 bits per heavy atom. The second kappa shape index (κ2) is 4.33. The molecule has 3 aliphatic rings. The number of benzene rings is 1. The van der Waals surface area contributed by atoms with Crippen LogP contribution in [0, 0.1) is 30.6 Å². The SMILES string of the molecule is Cc1ccc(N(C)C(=O)C2C3CC4OC(=O)C2C4C3)cc1. The molecular formula is C17H19NO3. The van der Waals surface area contributed by atoms with Gasteiger partial charge in [0.2, 0.25) is 5.91 Å². The van der Waals surface area contributed by atoms with Crippen LogP contribution in [0.2, 0.25) is 0 Å². The lowest BCUT2D eigenvalue weighted by molar-refractivity contribution is -0.145. The van der Waals surface area contributed by atoms with Gasteiger partial charge in [0.1, 0.15) is 6.10 Å². The lowest BCUT2D eigenvalue weighted by atomic mass is 9.79. The van der Waals surface area contributed by atoms with Gasteiger partial charge in [-0.1, -0.05) is 17.7 Å². The normalized spacial score (nSPS) is 35.9. The fourth-order valence-electron chi connectivity index (χ4n) is 4.46. The van der Waals surface area contributed by atoms with Crippen LogP contribution in [-0.2, 0) is 14.3 Å². The summed E-state index contributed by atoms with van der Waals surface area (Å²) >= 11 is 0. The van der Waals surface area contributed by atoms with Crippen LogP contribution >= 0.6 is 0 Å². The van der Waals surface area contributed by atoms with E-state index in [4.69, 9.17) is 4.74 Å². The zero-order valence-corrected chi connectivity index (χ0v) is 12.3. The monoisotopic (exact) mass is 285 g/mol. The molecule has 0 radical (unpaired) electrons. The molecular weight excluding hydrogens is 266 g/mol. The number of fused-ring (bicyclic) bond motifs is 1. The molecule has 4 rings (SSSR count). The summed E-state index contributed by atoms with van der Waals surface area (Å²) in [5.74, 6) is 0.121. The Kier molecular flexibility index (Phi) is 2.65. The van der Waals surface area contributed by atoms with E-state index in [9.17, 15) is 9.59 Å². The van der Waals surface area contributed by atoms with Crippen LogP contribution in [0.5, 0.6) is 0 Å². The first-order valence-electron chi connectivity index (χ1n) is 7.61. The van der Waals surface area contributed by atoms with Crippen LogP contribution in [0.4, 0.5) is 5.69 Å². The first-order valence-corrected chi connectivity index (χ1v) is 7.61. The van der Waals surface area contributed by atoms with Gasteiger partial charge in [-0.15, -0.1) is 0 Å². The number of esters is 1. The summed E-state index contributed by atoms with van der Waals surface area (Å²) in [4.78, 5) is 26.6. The van der Waals surface area contributed by atoms with Crippen molar-refractivity contribution in [2.75, 3.05) is 11.9 Å². The second-order valence-corrected chi connectivity index (χ2v) is 6.66. The third-order valence-corrected chi connectivity index (χ3v) is 5.52. The molecule has 110 valence electrons. The highest BCUT2D eigenvalue weighted by Gasteiger charge is 2.64. The van der Waals surface area contributed by atoms with Gasteiger partial charge >= 0.3 is 5.97 Å². The molecule has 3 fully saturated rings. The maximum Gasteiger partial charge on any atom is 0.310 e. The van der Waals surface area contributed by atoms with Crippen LogP contribution in [0.25, 0.3) is 0 Å². The number of hydrogen-bond acceptors (Lipinski definition) is 3. The fourth-order valence-corrected chi connectivity index (χ4v) is 4.46. The first-order chi connectivity index (χ1) is 10.1. The van der Waals surface area contributed by atoms with Crippen LogP contribution in [0.15, 0.2) is 24.3 Å². The number of amides is 1. The Bertz CT molecular complexity index is 607. The third-order valence-electron chi connectivity index (χ3n) is 5.52. The number of aryl methyl sites for hydroxylation is 1. The molecule has 21 heavy (non-hydrogen) atoms. The maximum atomic E-state index is 12.9. The van der Waals surface area contributed by atoms with Gasteiger partial charge in [0.25, 0.3) is 0 Å². The third kappa shape index (κ3) is 1.74. The standard InChI is InChI=1S/C17H19NO3/c1-9-3-5-11(6-4-9)18(2)16(19)14-10-7-12-13(8-10)21-17(20)15(12)14/h3-6,10,12-15H,7-8H2,1-2H3. The van der Waals surface area contributed by atoms with E-state index in [0.717, 1.165) is 18.5 Å². The van der Waals surface area contributed by atoms with Gasteiger partial charge in [-0.2, -0.15) is 0 Å². The molecule has 4 heteroatoms. The van der Waals surface area contributed by atoms with Gasteiger partial charge in [-0.25, -0.2) is 0 Å². The number of rotatable bonds is 2. The average molecular weight is 285 g/mol. The molecule has 0 aromatic heterocycles. The van der Waals surface area contributed by atoms with Gasteiger partial charge in [-0.05, 0) is 37.8 Å². The summed E-state index contributed by atoms with van der Waals surface area (Å²) in [5, 5.41) is 0. The Balaban J connectivity index is 1.60. The van der Waals surface area contributed by atoms with Crippen molar-refractivity contribution in [3.63, 3.8) is 0 Å². The molecule has 2 aliphatic carbocycles. The van der Waals surface area contributed by atoms with Gasteiger partial charge in [-0.3, -0.25) is 9.59 Å². The minimum absolute atomic E-state index is 0.0636. The molecule has 0 spiro atoms. The molecule has 1 aromatic carbocycles. The number of carbonyl (C=O) groups excluding carboxylic acids is 2. The molecule has 0 N–H and O–H groups in total. The quantitative estimate of drug-likeness (QED) is 0.782. The van der Waals surface area contributed by atoms with E-state index in [1.165, 1.54) is 5.56 Å². The maximum absolute atomic E-state index is 12.9. The lowest BCUT2D eigenvalue weighted by Gasteiger charge is -2.28. The first kappa shape index (κ1) is 12.9. The van der Waals surface area contributed by atoms with Gasteiger partial charge < -0.3 is 9.64 Å². The van der Waals surface area contributed by atoms with Crippen molar-refractivity contribution >= 4 is 17.6 Å². The van der Waals surface area contributed by atoms with Crippen molar-refractivity contribution in [3.05, 3.63) is 29.8 Å². The molecule has 1 heterocycles. The van der Waals surface area contributed by atoms with E-state index in [2.05, 4.69) is 0 Å². The molecule has 5 unspecified atom stereocenters. The van der Waals surface area contributed by atoms with Crippen molar-refractivity contribution in [3.8, 4) is 0 Å². The van der Waals surface area contributed by atoms with E-state index < -0.39 is 0 Å². The van der Waals surface area contributed by atoms with E-state index in [-0.39, 0.29) is 35.7 Å². The molecule has 5 atom stereocenters. The topological polar surface area (TPSA) is 46.6 Å². The summed E-state index contributed by atoms with van der Waals surface area (Å²) in [6.45, 7) is 2.02. The number of ether oxygens (including phenoxy) is 1. The Labute approximate surface area is 124 Å². The zero-order valence-electron chi connectivity index (χ0n) is 12.3. The number of nitrogens with zero attached hydrogens (tertiary/aromatic N) is 1. The van der Waals surface area contributed by atoms with E-state index in [0.29, 0.717) is 5.92 Å². The summed E-state index contributed by atoms with van der Waals surface area (Å²) in [5.41, 5.74) is 2.05. The summed E-state index contributed by atoms with van der Waals surface area (Å²) in [7, 11) is 1.80. The van der Waals surface area contributed by atoms with Crippen LogP contribution in [0.3, 0.4) is 0 Å². The average Bonchev–Trinajstić information content (AvgIpc) is 3.08. The molecule has 4 nitrogen and oxygen atoms in total.